The van der Waals surface area contributed by atoms with E-state index in [4.69, 9.17) is 0 Å². The number of nitrogens with zero attached hydrogens (tertiary/aromatic N) is 1. The molecule has 0 spiro atoms. The molecule has 0 aliphatic carbocycles. The highest BCUT2D eigenvalue weighted by molar-refractivity contribution is 6.08. The van der Waals surface area contributed by atoms with Crippen LogP contribution in [0.1, 0.15) is 18.9 Å². The molecule has 1 aliphatic heterocycles. The maximum Gasteiger partial charge on any atom is 0.237 e. The Morgan fingerprint density at radius 1 is 1.36 bits per heavy atom. The summed E-state index contributed by atoms with van der Waals surface area (Å²) in [5.74, 6) is -0.442. The van der Waals surface area contributed by atoms with E-state index in [1.54, 1.807) is 31.5 Å². The molecule has 4 heteroatoms. The lowest BCUT2D eigenvalue weighted by molar-refractivity contribution is -0.126. The molecule has 1 unspecified atom stereocenters. The highest BCUT2D eigenvalue weighted by Gasteiger charge is 2.43. The third-order valence-corrected chi connectivity index (χ3v) is 2.59. The SMILES string of the molecule is CC1(c2ccncc2)CC(=O)NC1=O. The van der Waals surface area contributed by atoms with Crippen LogP contribution in [0.15, 0.2) is 24.5 Å². The largest absolute Gasteiger partial charge is 0.296 e. The first kappa shape index (κ1) is 8.87. The zero-order valence-corrected chi connectivity index (χ0v) is 7.78. The molecule has 1 saturated heterocycles. The number of aromatic nitrogens is 1. The molecule has 1 N–H and O–H groups in total. The smallest absolute Gasteiger partial charge is 0.237 e. The Kier molecular flexibility index (Phi) is 1.84. The molecule has 1 aromatic heterocycles. The Balaban J connectivity index is 2.43. The van der Waals surface area contributed by atoms with Gasteiger partial charge in [0.25, 0.3) is 0 Å². The monoisotopic (exact) mass is 190 g/mol. The normalized spacial score (nSPS) is 26.4. The predicted octanol–water partition coefficient (Wildman–Crippen LogP) is 0.386. The number of imide groups is 1. The molecule has 14 heavy (non-hydrogen) atoms. The minimum Gasteiger partial charge on any atom is -0.296 e. The van der Waals surface area contributed by atoms with E-state index in [1.807, 2.05) is 0 Å². The predicted molar refractivity (Wildman–Crippen MR) is 49.4 cm³/mol. The number of hydrogen-bond donors (Lipinski definition) is 1. The lowest BCUT2D eigenvalue weighted by atomic mass is 9.81. The Bertz CT molecular complexity index is 388. The van der Waals surface area contributed by atoms with Crippen LogP contribution in [0.4, 0.5) is 0 Å². The van der Waals surface area contributed by atoms with E-state index in [0.717, 1.165) is 5.56 Å². The molecule has 0 aromatic carbocycles. The van der Waals surface area contributed by atoms with E-state index >= 15 is 0 Å². The second kappa shape index (κ2) is 2.90. The van der Waals surface area contributed by atoms with Crippen molar-refractivity contribution in [2.45, 2.75) is 18.8 Å². The maximum atomic E-state index is 11.6. The van der Waals surface area contributed by atoms with Gasteiger partial charge < -0.3 is 0 Å². The van der Waals surface area contributed by atoms with Gasteiger partial charge in [-0.1, -0.05) is 0 Å². The molecular formula is C10H10N2O2. The summed E-state index contributed by atoms with van der Waals surface area (Å²) in [5.41, 5.74) is 0.107. The molecule has 2 heterocycles. The van der Waals surface area contributed by atoms with Crippen molar-refractivity contribution in [2.75, 3.05) is 0 Å². The molecule has 0 bridgehead atoms. The van der Waals surface area contributed by atoms with Crippen molar-refractivity contribution in [3.63, 3.8) is 0 Å². The summed E-state index contributed by atoms with van der Waals surface area (Å²) in [4.78, 5) is 26.5. The average Bonchev–Trinajstić information content (AvgIpc) is 2.43. The van der Waals surface area contributed by atoms with Crippen molar-refractivity contribution in [1.82, 2.24) is 10.3 Å². The minimum atomic E-state index is -0.722. The van der Waals surface area contributed by atoms with Gasteiger partial charge in [-0.25, -0.2) is 0 Å². The Labute approximate surface area is 81.3 Å². The summed E-state index contributed by atoms with van der Waals surface area (Å²) in [7, 11) is 0. The third kappa shape index (κ3) is 1.19. The maximum absolute atomic E-state index is 11.6. The van der Waals surface area contributed by atoms with E-state index in [9.17, 15) is 9.59 Å². The topological polar surface area (TPSA) is 59.1 Å². The highest BCUT2D eigenvalue weighted by atomic mass is 16.2. The Morgan fingerprint density at radius 3 is 2.50 bits per heavy atom. The Morgan fingerprint density at radius 2 is 2.00 bits per heavy atom. The summed E-state index contributed by atoms with van der Waals surface area (Å²) in [6.45, 7) is 1.77. The fourth-order valence-electron chi connectivity index (χ4n) is 1.66. The van der Waals surface area contributed by atoms with Gasteiger partial charge in [-0.05, 0) is 24.6 Å². The summed E-state index contributed by atoms with van der Waals surface area (Å²) in [6, 6.07) is 3.52. The van der Waals surface area contributed by atoms with Gasteiger partial charge in [0.05, 0.1) is 5.41 Å². The lowest BCUT2D eigenvalue weighted by Crippen LogP contribution is -2.32. The molecular weight excluding hydrogens is 180 g/mol. The van der Waals surface area contributed by atoms with Crippen molar-refractivity contribution < 1.29 is 9.59 Å². The van der Waals surface area contributed by atoms with Crippen LogP contribution in [0.2, 0.25) is 0 Å². The van der Waals surface area contributed by atoms with E-state index in [-0.39, 0.29) is 18.2 Å². The van der Waals surface area contributed by atoms with Crippen molar-refractivity contribution >= 4 is 11.8 Å². The van der Waals surface area contributed by atoms with Gasteiger partial charge in [-0.2, -0.15) is 0 Å². The van der Waals surface area contributed by atoms with Gasteiger partial charge in [-0.15, -0.1) is 0 Å². The number of carbonyl (C=O) groups is 2. The summed E-state index contributed by atoms with van der Waals surface area (Å²) in [5, 5.41) is 2.31. The van der Waals surface area contributed by atoms with Crippen molar-refractivity contribution in [3.05, 3.63) is 30.1 Å². The van der Waals surface area contributed by atoms with Crippen LogP contribution in [0.25, 0.3) is 0 Å². The fourth-order valence-corrected chi connectivity index (χ4v) is 1.66. The van der Waals surface area contributed by atoms with Crippen LogP contribution in [0.5, 0.6) is 0 Å². The standard InChI is InChI=1S/C10H10N2O2/c1-10(6-8(13)12-9(10)14)7-2-4-11-5-3-7/h2-5H,6H2,1H3,(H,12,13,14). The van der Waals surface area contributed by atoms with Gasteiger partial charge in [-0.3, -0.25) is 19.9 Å². The number of pyridine rings is 1. The quantitative estimate of drug-likeness (QED) is 0.651. The molecule has 0 saturated carbocycles. The van der Waals surface area contributed by atoms with Crippen LogP contribution in [-0.4, -0.2) is 16.8 Å². The van der Waals surface area contributed by atoms with Crippen LogP contribution in [-0.2, 0) is 15.0 Å². The van der Waals surface area contributed by atoms with Gasteiger partial charge in [0.2, 0.25) is 11.8 Å². The van der Waals surface area contributed by atoms with E-state index in [1.165, 1.54) is 0 Å². The molecule has 1 fully saturated rings. The number of carbonyl (C=O) groups excluding carboxylic acids is 2. The molecule has 1 aliphatic rings. The highest BCUT2D eigenvalue weighted by Crippen LogP contribution is 2.30. The van der Waals surface area contributed by atoms with E-state index in [2.05, 4.69) is 10.3 Å². The Hall–Kier alpha value is -1.71. The van der Waals surface area contributed by atoms with Crippen LogP contribution in [0.3, 0.4) is 0 Å². The number of hydrogen-bond acceptors (Lipinski definition) is 3. The summed E-state index contributed by atoms with van der Waals surface area (Å²) < 4.78 is 0. The first-order valence-corrected chi connectivity index (χ1v) is 4.38. The molecule has 0 radical (unpaired) electrons. The van der Waals surface area contributed by atoms with Gasteiger partial charge in [0, 0.05) is 18.8 Å². The van der Waals surface area contributed by atoms with Crippen molar-refractivity contribution in [1.29, 1.82) is 0 Å². The number of amides is 2. The molecule has 2 rings (SSSR count). The second-order valence-electron chi connectivity index (χ2n) is 3.62. The fraction of sp³-hybridized carbons (Fsp3) is 0.300. The lowest BCUT2D eigenvalue weighted by Gasteiger charge is -2.19. The second-order valence-corrected chi connectivity index (χ2v) is 3.62. The minimum absolute atomic E-state index is 0.214. The van der Waals surface area contributed by atoms with Crippen molar-refractivity contribution in [2.24, 2.45) is 0 Å². The zero-order chi connectivity index (χ0) is 10.2. The summed E-state index contributed by atoms with van der Waals surface area (Å²) >= 11 is 0. The molecule has 4 nitrogen and oxygen atoms in total. The summed E-state index contributed by atoms with van der Waals surface area (Å²) in [6.07, 6.45) is 3.46. The average molecular weight is 190 g/mol. The first-order valence-electron chi connectivity index (χ1n) is 4.38. The third-order valence-electron chi connectivity index (χ3n) is 2.59. The number of rotatable bonds is 1. The van der Waals surface area contributed by atoms with Gasteiger partial charge in [0.1, 0.15) is 0 Å². The van der Waals surface area contributed by atoms with Crippen LogP contribution in [0, 0.1) is 0 Å². The van der Waals surface area contributed by atoms with Crippen molar-refractivity contribution in [3.8, 4) is 0 Å². The van der Waals surface area contributed by atoms with Gasteiger partial charge >= 0.3 is 0 Å². The molecule has 2 amide bonds. The molecule has 1 aromatic rings. The van der Waals surface area contributed by atoms with E-state index in [0.29, 0.717) is 0 Å². The zero-order valence-electron chi connectivity index (χ0n) is 7.78. The first-order chi connectivity index (χ1) is 6.63. The van der Waals surface area contributed by atoms with Gasteiger partial charge in [0.15, 0.2) is 0 Å². The van der Waals surface area contributed by atoms with Crippen LogP contribution < -0.4 is 5.32 Å². The number of nitrogens with one attached hydrogen (secondary N) is 1. The molecule has 1 atom stereocenters. The molecule has 72 valence electrons. The van der Waals surface area contributed by atoms with Crippen LogP contribution >= 0.6 is 0 Å². The van der Waals surface area contributed by atoms with E-state index < -0.39 is 5.41 Å².